The molecule has 0 spiro atoms. The van der Waals surface area contributed by atoms with Gasteiger partial charge in [0, 0.05) is 12.5 Å². The van der Waals surface area contributed by atoms with Crippen molar-refractivity contribution >= 4 is 0 Å². The van der Waals surface area contributed by atoms with Crippen LogP contribution in [-0.2, 0) is 6.42 Å². The second kappa shape index (κ2) is 5.41. The standard InChI is InChI=1S/C13H14N2O2/c1-17-13-8-11(14-9-15-13)7-12(16)10-5-3-2-4-6-10/h2-6,8-9,12,16H,7H2,1H3. The molecule has 1 atom stereocenters. The lowest BCUT2D eigenvalue weighted by molar-refractivity contribution is 0.177. The topological polar surface area (TPSA) is 55.2 Å². The van der Waals surface area contributed by atoms with E-state index in [1.54, 1.807) is 13.2 Å². The Bertz CT molecular complexity index is 474. The van der Waals surface area contributed by atoms with Gasteiger partial charge in [0.25, 0.3) is 0 Å². The Morgan fingerprint density at radius 1 is 1.24 bits per heavy atom. The van der Waals surface area contributed by atoms with Crippen molar-refractivity contribution in [3.8, 4) is 5.88 Å². The van der Waals surface area contributed by atoms with Gasteiger partial charge < -0.3 is 9.84 Å². The highest BCUT2D eigenvalue weighted by atomic mass is 16.5. The van der Waals surface area contributed by atoms with Crippen LogP contribution in [0.2, 0.25) is 0 Å². The van der Waals surface area contributed by atoms with E-state index in [2.05, 4.69) is 9.97 Å². The van der Waals surface area contributed by atoms with Gasteiger partial charge >= 0.3 is 0 Å². The summed E-state index contributed by atoms with van der Waals surface area (Å²) in [4.78, 5) is 8.02. The first-order chi connectivity index (χ1) is 8.29. The van der Waals surface area contributed by atoms with Crippen LogP contribution < -0.4 is 4.74 Å². The second-order valence-electron chi connectivity index (χ2n) is 3.68. The summed E-state index contributed by atoms with van der Waals surface area (Å²) in [6.07, 6.45) is 1.32. The van der Waals surface area contributed by atoms with Gasteiger partial charge in [0.1, 0.15) is 6.33 Å². The van der Waals surface area contributed by atoms with Crippen molar-refractivity contribution in [2.45, 2.75) is 12.5 Å². The summed E-state index contributed by atoms with van der Waals surface area (Å²) < 4.78 is 5.01. The summed E-state index contributed by atoms with van der Waals surface area (Å²) in [5, 5.41) is 10.0. The van der Waals surface area contributed by atoms with Gasteiger partial charge in [0.2, 0.25) is 5.88 Å². The maximum Gasteiger partial charge on any atom is 0.216 e. The van der Waals surface area contributed by atoms with Crippen LogP contribution in [0.4, 0.5) is 0 Å². The van der Waals surface area contributed by atoms with Crippen LogP contribution >= 0.6 is 0 Å². The van der Waals surface area contributed by atoms with Crippen LogP contribution in [0, 0.1) is 0 Å². The lowest BCUT2D eigenvalue weighted by atomic mass is 10.1. The SMILES string of the molecule is COc1cc(CC(O)c2ccccc2)ncn1. The molecule has 2 aromatic rings. The average Bonchev–Trinajstić information content (AvgIpc) is 2.40. The Hall–Kier alpha value is -1.94. The molecule has 0 radical (unpaired) electrons. The number of benzene rings is 1. The van der Waals surface area contributed by atoms with Crippen molar-refractivity contribution < 1.29 is 9.84 Å². The number of aromatic nitrogens is 2. The fraction of sp³-hybridized carbons (Fsp3) is 0.231. The van der Waals surface area contributed by atoms with Crippen LogP contribution in [0.25, 0.3) is 0 Å². The molecule has 0 saturated heterocycles. The summed E-state index contributed by atoms with van der Waals surface area (Å²) in [5.74, 6) is 0.510. The fourth-order valence-corrected chi connectivity index (χ4v) is 1.59. The molecule has 2 rings (SSSR count). The molecule has 1 aromatic carbocycles. The van der Waals surface area contributed by atoms with E-state index in [0.29, 0.717) is 12.3 Å². The normalized spacial score (nSPS) is 12.1. The van der Waals surface area contributed by atoms with Gasteiger partial charge in [-0.25, -0.2) is 9.97 Å². The first-order valence-electron chi connectivity index (χ1n) is 5.37. The first kappa shape index (κ1) is 11.5. The molecule has 0 aliphatic heterocycles. The van der Waals surface area contributed by atoms with Gasteiger partial charge in [-0.05, 0) is 5.56 Å². The van der Waals surface area contributed by atoms with Crippen molar-refractivity contribution in [1.29, 1.82) is 0 Å². The quantitative estimate of drug-likeness (QED) is 0.869. The minimum atomic E-state index is -0.559. The third-order valence-corrected chi connectivity index (χ3v) is 2.49. The highest BCUT2D eigenvalue weighted by Gasteiger charge is 2.09. The minimum absolute atomic E-state index is 0.447. The maximum absolute atomic E-state index is 10.0. The molecule has 0 aliphatic rings. The number of hydrogen-bond acceptors (Lipinski definition) is 4. The second-order valence-corrected chi connectivity index (χ2v) is 3.68. The number of rotatable bonds is 4. The van der Waals surface area contributed by atoms with Gasteiger partial charge in [-0.1, -0.05) is 30.3 Å². The lowest BCUT2D eigenvalue weighted by Gasteiger charge is -2.10. The Morgan fingerprint density at radius 2 is 2.00 bits per heavy atom. The number of methoxy groups -OCH3 is 1. The molecular formula is C13H14N2O2. The van der Waals surface area contributed by atoms with Crippen LogP contribution in [0.3, 0.4) is 0 Å². The van der Waals surface area contributed by atoms with Crippen LogP contribution in [0.5, 0.6) is 5.88 Å². The maximum atomic E-state index is 10.0. The molecule has 1 unspecified atom stereocenters. The van der Waals surface area contributed by atoms with E-state index in [1.165, 1.54) is 6.33 Å². The van der Waals surface area contributed by atoms with Crippen LogP contribution in [-0.4, -0.2) is 22.2 Å². The Kier molecular flexibility index (Phi) is 3.67. The van der Waals surface area contributed by atoms with Crippen molar-refractivity contribution in [1.82, 2.24) is 9.97 Å². The molecule has 4 nitrogen and oxygen atoms in total. The van der Waals surface area contributed by atoms with E-state index >= 15 is 0 Å². The molecule has 4 heteroatoms. The summed E-state index contributed by atoms with van der Waals surface area (Å²) in [6.45, 7) is 0. The molecule has 88 valence electrons. The van der Waals surface area contributed by atoms with Crippen molar-refractivity contribution in [3.63, 3.8) is 0 Å². The largest absolute Gasteiger partial charge is 0.481 e. The number of aliphatic hydroxyl groups excluding tert-OH is 1. The van der Waals surface area contributed by atoms with Crippen molar-refractivity contribution in [2.24, 2.45) is 0 Å². The summed E-state index contributed by atoms with van der Waals surface area (Å²) in [5.41, 5.74) is 1.64. The van der Waals surface area contributed by atoms with E-state index in [0.717, 1.165) is 11.3 Å². The highest BCUT2D eigenvalue weighted by molar-refractivity contribution is 5.20. The zero-order valence-electron chi connectivity index (χ0n) is 9.58. The molecule has 1 N–H and O–H groups in total. The minimum Gasteiger partial charge on any atom is -0.481 e. The zero-order valence-corrected chi connectivity index (χ0v) is 9.58. The molecule has 0 bridgehead atoms. The summed E-state index contributed by atoms with van der Waals surface area (Å²) >= 11 is 0. The molecule has 0 saturated carbocycles. The predicted molar refractivity (Wildman–Crippen MR) is 63.7 cm³/mol. The molecule has 1 aromatic heterocycles. The highest BCUT2D eigenvalue weighted by Crippen LogP contribution is 2.18. The van der Waals surface area contributed by atoms with E-state index < -0.39 is 6.10 Å². The van der Waals surface area contributed by atoms with E-state index in [9.17, 15) is 5.11 Å². The van der Waals surface area contributed by atoms with E-state index in [1.807, 2.05) is 30.3 Å². The smallest absolute Gasteiger partial charge is 0.216 e. The molecule has 1 heterocycles. The Balaban J connectivity index is 2.10. The average molecular weight is 230 g/mol. The molecule has 0 aliphatic carbocycles. The number of ether oxygens (including phenoxy) is 1. The molecule has 17 heavy (non-hydrogen) atoms. The third kappa shape index (κ3) is 3.01. The Morgan fingerprint density at radius 3 is 2.71 bits per heavy atom. The van der Waals surface area contributed by atoms with E-state index in [4.69, 9.17) is 4.74 Å². The van der Waals surface area contributed by atoms with Gasteiger partial charge in [-0.2, -0.15) is 0 Å². The molecule has 0 amide bonds. The Labute approximate surface area is 99.9 Å². The van der Waals surface area contributed by atoms with E-state index in [-0.39, 0.29) is 0 Å². The van der Waals surface area contributed by atoms with Gasteiger partial charge in [-0.15, -0.1) is 0 Å². The zero-order chi connectivity index (χ0) is 12.1. The third-order valence-electron chi connectivity index (χ3n) is 2.49. The van der Waals surface area contributed by atoms with Crippen LogP contribution in [0.1, 0.15) is 17.4 Å². The van der Waals surface area contributed by atoms with Gasteiger partial charge in [-0.3, -0.25) is 0 Å². The molecule has 0 fully saturated rings. The molecular weight excluding hydrogens is 216 g/mol. The number of nitrogens with zero attached hydrogens (tertiary/aromatic N) is 2. The monoisotopic (exact) mass is 230 g/mol. The number of hydrogen-bond donors (Lipinski definition) is 1. The summed E-state index contributed by atoms with van der Waals surface area (Å²) in [7, 11) is 1.56. The lowest BCUT2D eigenvalue weighted by Crippen LogP contribution is -2.04. The fourth-order valence-electron chi connectivity index (χ4n) is 1.59. The first-order valence-corrected chi connectivity index (χ1v) is 5.37. The van der Waals surface area contributed by atoms with Crippen molar-refractivity contribution in [2.75, 3.05) is 7.11 Å². The summed E-state index contributed by atoms with van der Waals surface area (Å²) in [6, 6.07) is 11.2. The van der Waals surface area contributed by atoms with Gasteiger partial charge in [0.15, 0.2) is 0 Å². The predicted octanol–water partition coefficient (Wildman–Crippen LogP) is 1.76. The number of aliphatic hydroxyl groups is 1. The van der Waals surface area contributed by atoms with Gasteiger partial charge in [0.05, 0.1) is 18.9 Å². The van der Waals surface area contributed by atoms with Crippen LogP contribution in [0.15, 0.2) is 42.7 Å². The van der Waals surface area contributed by atoms with Crippen molar-refractivity contribution in [3.05, 3.63) is 54.0 Å².